The smallest absolute Gasteiger partial charge is 0.369 e. The number of urea groups is 1. The van der Waals surface area contributed by atoms with E-state index >= 15 is 0 Å². The number of carbonyl (C=O) groups excluding carboxylic acids is 1. The van der Waals surface area contributed by atoms with Gasteiger partial charge in [-0.3, -0.25) is 0 Å². The van der Waals surface area contributed by atoms with Crippen molar-refractivity contribution in [3.05, 3.63) is 53.6 Å². The second-order valence-electron chi connectivity index (χ2n) is 8.99. The topological polar surface area (TPSA) is 47.6 Å². The standard InChI is InChI=1S/C27H37F3N4OS/c1-4-6-7-8-13-31-26(35)32-23-9-11-25(12-10-23)36(5-2)34-16-14-33(15-17-34)24-19-21(3)18-22(20-24)27(28,29)30/h5,9-12,18-20H,4,6-8,13-17H2,1-3H3,(H2,31,32,35). The number of nitrogens with one attached hydrogen (secondary N) is 2. The van der Waals surface area contributed by atoms with Crippen molar-refractivity contribution in [2.45, 2.75) is 57.5 Å². The second kappa shape index (κ2) is 13.1. The Morgan fingerprint density at radius 1 is 1.03 bits per heavy atom. The van der Waals surface area contributed by atoms with E-state index in [1.807, 2.05) is 42.2 Å². The van der Waals surface area contributed by atoms with Crippen LogP contribution in [0.5, 0.6) is 0 Å². The summed E-state index contributed by atoms with van der Waals surface area (Å²) in [4.78, 5) is 15.3. The maximum atomic E-state index is 13.3. The van der Waals surface area contributed by atoms with Crippen LogP contribution >= 0.6 is 10.7 Å². The lowest BCUT2D eigenvalue weighted by Crippen LogP contribution is -2.44. The number of piperazine rings is 1. The number of amides is 2. The van der Waals surface area contributed by atoms with Crippen LogP contribution in [-0.2, 0) is 6.18 Å². The summed E-state index contributed by atoms with van der Waals surface area (Å²) in [5.41, 5.74) is 1.39. The SMILES string of the molecule is CC=S(c1ccc(NC(=O)NCCCCCC)cc1)N1CCN(c2cc(C)cc(C(F)(F)F)c2)CC1. The molecule has 0 spiro atoms. The van der Waals surface area contributed by atoms with Crippen molar-refractivity contribution in [1.82, 2.24) is 9.62 Å². The van der Waals surface area contributed by atoms with Gasteiger partial charge >= 0.3 is 12.2 Å². The molecule has 1 fully saturated rings. The van der Waals surface area contributed by atoms with E-state index in [0.717, 1.165) is 36.5 Å². The molecule has 36 heavy (non-hydrogen) atoms. The molecule has 198 valence electrons. The highest BCUT2D eigenvalue weighted by Gasteiger charge is 2.31. The summed E-state index contributed by atoms with van der Waals surface area (Å²) >= 11 is 0. The van der Waals surface area contributed by atoms with Gasteiger partial charge in [0.25, 0.3) is 0 Å². The molecule has 0 aromatic heterocycles. The fourth-order valence-electron chi connectivity index (χ4n) is 4.29. The van der Waals surface area contributed by atoms with E-state index in [1.165, 1.54) is 25.0 Å². The van der Waals surface area contributed by atoms with Crippen LogP contribution in [-0.4, -0.2) is 48.4 Å². The largest absolute Gasteiger partial charge is 0.416 e. The summed E-state index contributed by atoms with van der Waals surface area (Å²) in [5.74, 6) is 0. The van der Waals surface area contributed by atoms with Crippen LogP contribution in [0.1, 0.15) is 50.7 Å². The molecule has 9 heteroatoms. The Bertz CT molecular complexity index is 1030. The minimum atomic E-state index is -4.34. The van der Waals surface area contributed by atoms with Gasteiger partial charge in [-0.15, -0.1) is 0 Å². The van der Waals surface area contributed by atoms with E-state index in [1.54, 1.807) is 6.92 Å². The Morgan fingerprint density at radius 2 is 1.72 bits per heavy atom. The van der Waals surface area contributed by atoms with E-state index in [0.29, 0.717) is 30.9 Å². The summed E-state index contributed by atoms with van der Waals surface area (Å²) in [6, 6.07) is 12.0. The number of hydrogen-bond donors (Lipinski definition) is 2. The van der Waals surface area contributed by atoms with Crippen LogP contribution in [0.25, 0.3) is 0 Å². The molecule has 1 unspecified atom stereocenters. The Balaban J connectivity index is 1.56. The average Bonchev–Trinajstić information content (AvgIpc) is 2.85. The van der Waals surface area contributed by atoms with Gasteiger partial charge in [0, 0.05) is 49.0 Å². The number of nitrogens with zero attached hydrogens (tertiary/aromatic N) is 2. The number of anilines is 2. The molecule has 2 amide bonds. The number of aryl methyl sites for hydroxylation is 1. The first-order valence-electron chi connectivity index (χ1n) is 12.6. The molecule has 3 rings (SSSR count). The molecule has 2 aromatic carbocycles. The molecular weight excluding hydrogens is 485 g/mol. The van der Waals surface area contributed by atoms with E-state index in [2.05, 4.69) is 27.2 Å². The first-order valence-corrected chi connectivity index (χ1v) is 13.8. The maximum absolute atomic E-state index is 13.3. The molecule has 1 aliphatic rings. The van der Waals surface area contributed by atoms with Crippen molar-refractivity contribution in [2.24, 2.45) is 0 Å². The monoisotopic (exact) mass is 522 g/mol. The summed E-state index contributed by atoms with van der Waals surface area (Å²) in [6.45, 7) is 9.40. The summed E-state index contributed by atoms with van der Waals surface area (Å²) in [6.07, 6.45) is 0.107. The fraction of sp³-hybridized carbons (Fsp3) is 0.481. The molecule has 1 atom stereocenters. The van der Waals surface area contributed by atoms with Gasteiger partial charge < -0.3 is 15.5 Å². The maximum Gasteiger partial charge on any atom is 0.416 e. The zero-order valence-corrected chi connectivity index (χ0v) is 22.1. The van der Waals surface area contributed by atoms with Gasteiger partial charge in [0.15, 0.2) is 0 Å². The van der Waals surface area contributed by atoms with Gasteiger partial charge in [-0.25, -0.2) is 9.10 Å². The molecule has 2 N–H and O–H groups in total. The predicted molar refractivity (Wildman–Crippen MR) is 145 cm³/mol. The highest BCUT2D eigenvalue weighted by atomic mass is 32.2. The molecule has 1 heterocycles. The van der Waals surface area contributed by atoms with Gasteiger partial charge in [-0.05, 0) is 73.7 Å². The highest BCUT2D eigenvalue weighted by molar-refractivity contribution is 8.13. The summed E-state index contributed by atoms with van der Waals surface area (Å²) in [5, 5.41) is 7.94. The molecule has 0 radical (unpaired) electrons. The number of halogens is 3. The first-order chi connectivity index (χ1) is 17.2. The Kier molecular flexibility index (Phi) is 10.2. The average molecular weight is 523 g/mol. The van der Waals surface area contributed by atoms with Gasteiger partial charge in [0.2, 0.25) is 0 Å². The molecule has 2 aromatic rings. The molecule has 0 bridgehead atoms. The molecular formula is C27H37F3N4OS. The van der Waals surface area contributed by atoms with Gasteiger partial charge in [-0.1, -0.05) is 36.9 Å². The van der Waals surface area contributed by atoms with Gasteiger partial charge in [-0.2, -0.15) is 13.2 Å². The number of carbonyl (C=O) groups is 1. The van der Waals surface area contributed by atoms with Crippen LogP contribution in [0.4, 0.5) is 29.3 Å². The lowest BCUT2D eigenvalue weighted by molar-refractivity contribution is -0.137. The summed E-state index contributed by atoms with van der Waals surface area (Å²) in [7, 11) is -0.231. The van der Waals surface area contributed by atoms with Crippen molar-refractivity contribution in [1.29, 1.82) is 0 Å². The van der Waals surface area contributed by atoms with Crippen LogP contribution in [0.3, 0.4) is 0 Å². The lowest BCUT2D eigenvalue weighted by Gasteiger charge is -2.38. The quantitative estimate of drug-likeness (QED) is 0.278. The molecule has 1 aliphatic heterocycles. The third-order valence-corrected chi connectivity index (χ3v) is 8.29. The lowest BCUT2D eigenvalue weighted by atomic mass is 10.1. The van der Waals surface area contributed by atoms with Crippen molar-refractivity contribution in [3.8, 4) is 0 Å². The normalized spacial score (nSPS) is 15.7. The second-order valence-corrected chi connectivity index (χ2v) is 11.1. The number of benzene rings is 2. The van der Waals surface area contributed by atoms with E-state index in [4.69, 9.17) is 0 Å². The van der Waals surface area contributed by atoms with E-state index in [9.17, 15) is 18.0 Å². The zero-order valence-electron chi connectivity index (χ0n) is 21.3. The molecule has 5 nitrogen and oxygen atoms in total. The van der Waals surface area contributed by atoms with Crippen molar-refractivity contribution in [2.75, 3.05) is 42.9 Å². The number of hydrogen-bond acceptors (Lipinski definition) is 3. The third kappa shape index (κ3) is 8.00. The van der Waals surface area contributed by atoms with Crippen molar-refractivity contribution in [3.63, 3.8) is 0 Å². The zero-order chi connectivity index (χ0) is 26.1. The van der Waals surface area contributed by atoms with Crippen LogP contribution in [0.2, 0.25) is 0 Å². The van der Waals surface area contributed by atoms with Crippen LogP contribution in [0.15, 0.2) is 47.4 Å². The van der Waals surface area contributed by atoms with E-state index < -0.39 is 11.7 Å². The van der Waals surface area contributed by atoms with Crippen molar-refractivity contribution < 1.29 is 18.0 Å². The van der Waals surface area contributed by atoms with Crippen LogP contribution < -0.4 is 15.5 Å². The molecule has 0 aliphatic carbocycles. The minimum Gasteiger partial charge on any atom is -0.369 e. The van der Waals surface area contributed by atoms with Crippen LogP contribution in [0, 0.1) is 6.92 Å². The molecule has 0 saturated carbocycles. The first kappa shape index (κ1) is 28.1. The number of alkyl halides is 3. The highest BCUT2D eigenvalue weighted by Crippen LogP contribution is 2.35. The number of rotatable bonds is 9. The fourth-order valence-corrected chi connectivity index (χ4v) is 6.13. The van der Waals surface area contributed by atoms with Gasteiger partial charge in [0.05, 0.1) is 5.56 Å². The Morgan fingerprint density at radius 3 is 2.33 bits per heavy atom. The third-order valence-electron chi connectivity index (χ3n) is 6.16. The Hall–Kier alpha value is -2.52. The Labute approximate surface area is 215 Å². The molecule has 1 saturated heterocycles. The minimum absolute atomic E-state index is 0.193. The van der Waals surface area contributed by atoms with E-state index in [-0.39, 0.29) is 16.7 Å². The van der Waals surface area contributed by atoms with Crippen molar-refractivity contribution >= 4 is 33.4 Å². The van der Waals surface area contributed by atoms with Gasteiger partial charge in [0.1, 0.15) is 0 Å². The number of unbranched alkanes of at least 4 members (excludes halogenated alkanes) is 3. The summed E-state index contributed by atoms with van der Waals surface area (Å²) < 4.78 is 42.1. The predicted octanol–water partition coefficient (Wildman–Crippen LogP) is 6.90.